The molecule has 0 radical (unpaired) electrons. The lowest BCUT2D eigenvalue weighted by atomic mass is 10.1. The number of rotatable bonds is 5. The maximum atomic E-state index is 13.2. The number of benzene rings is 2. The summed E-state index contributed by atoms with van der Waals surface area (Å²) in [6.07, 6.45) is 0. The van der Waals surface area contributed by atoms with E-state index in [2.05, 4.69) is 15.4 Å². The first-order valence-corrected chi connectivity index (χ1v) is 10.6. The summed E-state index contributed by atoms with van der Waals surface area (Å²) in [6, 6.07) is 13.2. The first kappa shape index (κ1) is 21.8. The van der Waals surface area contributed by atoms with E-state index in [1.165, 1.54) is 24.3 Å². The van der Waals surface area contributed by atoms with Crippen molar-refractivity contribution >= 4 is 29.1 Å². The van der Waals surface area contributed by atoms with Crippen LogP contribution in [0.5, 0.6) is 0 Å². The van der Waals surface area contributed by atoms with Crippen molar-refractivity contribution in [2.24, 2.45) is 0 Å². The Morgan fingerprint density at radius 3 is 2.53 bits per heavy atom. The van der Waals surface area contributed by atoms with Crippen molar-refractivity contribution in [3.05, 3.63) is 70.7 Å². The predicted octanol–water partition coefficient (Wildman–Crippen LogP) is 3.52. The summed E-state index contributed by atoms with van der Waals surface area (Å²) in [6.45, 7) is 3.94. The third-order valence-electron chi connectivity index (χ3n) is 5.41. The molecule has 1 N–H and O–H groups in total. The van der Waals surface area contributed by atoms with Gasteiger partial charge < -0.3 is 19.6 Å². The van der Waals surface area contributed by atoms with Gasteiger partial charge in [0.15, 0.2) is 0 Å². The molecular formula is C23H22ClFN4O3. The quantitative estimate of drug-likeness (QED) is 0.635. The van der Waals surface area contributed by atoms with Gasteiger partial charge in [0.2, 0.25) is 5.91 Å². The van der Waals surface area contributed by atoms with Gasteiger partial charge in [0, 0.05) is 42.5 Å². The molecule has 7 nitrogen and oxygen atoms in total. The lowest BCUT2D eigenvalue weighted by Crippen LogP contribution is -2.51. The van der Waals surface area contributed by atoms with Crippen LogP contribution in [-0.2, 0) is 4.79 Å². The van der Waals surface area contributed by atoms with Gasteiger partial charge in [-0.15, -0.1) is 0 Å². The number of aryl methyl sites for hydroxylation is 1. The largest absolute Gasteiger partial charge is 0.368 e. The summed E-state index contributed by atoms with van der Waals surface area (Å²) < 4.78 is 18.4. The SMILES string of the molecule is Cc1onc(-c2ccc(F)cc2)c1C(=O)NCC(=O)N1CCN(c2cccc(Cl)c2)CC1. The number of carbonyl (C=O) groups is 2. The zero-order chi connectivity index (χ0) is 22.7. The zero-order valence-electron chi connectivity index (χ0n) is 17.5. The van der Waals surface area contributed by atoms with E-state index in [-0.39, 0.29) is 23.8 Å². The number of carbonyl (C=O) groups excluding carboxylic acids is 2. The van der Waals surface area contributed by atoms with Crippen molar-refractivity contribution < 1.29 is 18.5 Å². The van der Waals surface area contributed by atoms with Crippen LogP contribution in [0.1, 0.15) is 16.1 Å². The maximum absolute atomic E-state index is 13.2. The molecule has 0 aliphatic carbocycles. The lowest BCUT2D eigenvalue weighted by Gasteiger charge is -2.36. The highest BCUT2D eigenvalue weighted by Gasteiger charge is 2.25. The Bertz CT molecular complexity index is 1120. The molecule has 0 unspecified atom stereocenters. The summed E-state index contributed by atoms with van der Waals surface area (Å²) in [5.41, 5.74) is 2.11. The number of nitrogens with zero attached hydrogens (tertiary/aromatic N) is 3. The number of aromatic nitrogens is 1. The van der Waals surface area contributed by atoms with Crippen molar-refractivity contribution in [1.29, 1.82) is 0 Å². The highest BCUT2D eigenvalue weighted by molar-refractivity contribution is 6.30. The first-order chi connectivity index (χ1) is 15.4. The molecule has 1 saturated heterocycles. The zero-order valence-corrected chi connectivity index (χ0v) is 18.2. The van der Waals surface area contributed by atoms with Gasteiger partial charge in [0.1, 0.15) is 22.8 Å². The molecule has 1 fully saturated rings. The van der Waals surface area contributed by atoms with Crippen LogP contribution in [0.3, 0.4) is 0 Å². The second-order valence-corrected chi connectivity index (χ2v) is 7.94. The number of amides is 2. The Labute approximate surface area is 189 Å². The van der Waals surface area contributed by atoms with E-state index < -0.39 is 5.91 Å². The van der Waals surface area contributed by atoms with Crippen molar-refractivity contribution in [2.75, 3.05) is 37.6 Å². The maximum Gasteiger partial charge on any atom is 0.257 e. The van der Waals surface area contributed by atoms with Gasteiger partial charge in [-0.3, -0.25) is 9.59 Å². The van der Waals surface area contributed by atoms with Crippen LogP contribution in [0.4, 0.5) is 10.1 Å². The van der Waals surface area contributed by atoms with Gasteiger partial charge in [-0.2, -0.15) is 0 Å². The van der Waals surface area contributed by atoms with Gasteiger partial charge in [-0.05, 0) is 49.4 Å². The minimum Gasteiger partial charge on any atom is -0.368 e. The normalized spacial score (nSPS) is 13.8. The molecule has 32 heavy (non-hydrogen) atoms. The fraction of sp³-hybridized carbons (Fsp3) is 0.261. The molecule has 1 aliphatic heterocycles. The van der Waals surface area contributed by atoms with Crippen molar-refractivity contribution in [1.82, 2.24) is 15.4 Å². The van der Waals surface area contributed by atoms with Gasteiger partial charge in [-0.25, -0.2) is 4.39 Å². The summed E-state index contributed by atoms with van der Waals surface area (Å²) >= 11 is 6.07. The predicted molar refractivity (Wildman–Crippen MR) is 119 cm³/mol. The Morgan fingerprint density at radius 1 is 1.12 bits per heavy atom. The lowest BCUT2D eigenvalue weighted by molar-refractivity contribution is -0.130. The number of piperazine rings is 1. The third-order valence-corrected chi connectivity index (χ3v) is 5.65. The second-order valence-electron chi connectivity index (χ2n) is 7.50. The van der Waals surface area contributed by atoms with Crippen molar-refractivity contribution in [2.45, 2.75) is 6.92 Å². The minimum atomic E-state index is -0.464. The van der Waals surface area contributed by atoms with Crippen molar-refractivity contribution in [3.63, 3.8) is 0 Å². The van der Waals surface area contributed by atoms with E-state index in [9.17, 15) is 14.0 Å². The molecule has 4 rings (SSSR count). The third kappa shape index (κ3) is 4.75. The van der Waals surface area contributed by atoms with Gasteiger partial charge in [-0.1, -0.05) is 22.8 Å². The van der Waals surface area contributed by atoms with Crippen LogP contribution in [0.15, 0.2) is 53.1 Å². The topological polar surface area (TPSA) is 78.7 Å². The minimum absolute atomic E-state index is 0.135. The Balaban J connectivity index is 1.35. The smallest absolute Gasteiger partial charge is 0.257 e. The van der Waals surface area contributed by atoms with Gasteiger partial charge in [0.05, 0.1) is 6.54 Å². The number of anilines is 1. The molecule has 2 aromatic carbocycles. The van der Waals surface area contributed by atoms with Crippen LogP contribution in [0, 0.1) is 12.7 Å². The fourth-order valence-corrected chi connectivity index (χ4v) is 3.87. The molecule has 3 aromatic rings. The summed E-state index contributed by atoms with van der Waals surface area (Å²) in [5.74, 6) is -0.694. The number of nitrogens with one attached hydrogen (secondary N) is 1. The monoisotopic (exact) mass is 456 g/mol. The van der Waals surface area contributed by atoms with Crippen LogP contribution in [-0.4, -0.2) is 54.6 Å². The van der Waals surface area contributed by atoms with Gasteiger partial charge in [0.25, 0.3) is 5.91 Å². The van der Waals surface area contributed by atoms with E-state index in [1.807, 2.05) is 24.3 Å². The first-order valence-electron chi connectivity index (χ1n) is 10.2. The highest BCUT2D eigenvalue weighted by Crippen LogP contribution is 2.25. The summed E-state index contributed by atoms with van der Waals surface area (Å²) in [4.78, 5) is 29.3. The number of hydrogen-bond donors (Lipinski definition) is 1. The fourth-order valence-electron chi connectivity index (χ4n) is 3.69. The van der Waals surface area contributed by atoms with E-state index in [4.69, 9.17) is 16.1 Å². The van der Waals surface area contributed by atoms with Crippen LogP contribution in [0.25, 0.3) is 11.3 Å². The Kier molecular flexibility index (Phi) is 6.41. The van der Waals surface area contributed by atoms with Crippen LogP contribution < -0.4 is 10.2 Å². The molecule has 0 atom stereocenters. The standard InChI is InChI=1S/C23H22ClFN4O3/c1-15-21(22(27-32-15)16-5-7-18(25)8-6-16)23(31)26-14-20(30)29-11-9-28(10-12-29)19-4-2-3-17(24)13-19/h2-8,13H,9-12,14H2,1H3,(H,26,31). The molecule has 0 spiro atoms. The molecule has 1 aliphatic rings. The van der Waals surface area contributed by atoms with Gasteiger partial charge >= 0.3 is 0 Å². The van der Waals surface area contributed by atoms with Crippen molar-refractivity contribution in [3.8, 4) is 11.3 Å². The molecule has 0 saturated carbocycles. The Morgan fingerprint density at radius 2 is 1.84 bits per heavy atom. The molecule has 9 heteroatoms. The average molecular weight is 457 g/mol. The second kappa shape index (κ2) is 9.40. The van der Waals surface area contributed by atoms with Crippen LogP contribution >= 0.6 is 11.6 Å². The van der Waals surface area contributed by atoms with E-state index >= 15 is 0 Å². The molecular weight excluding hydrogens is 435 g/mol. The van der Waals surface area contributed by atoms with E-state index in [1.54, 1.807) is 11.8 Å². The van der Waals surface area contributed by atoms with E-state index in [0.29, 0.717) is 48.2 Å². The molecule has 2 heterocycles. The van der Waals surface area contributed by atoms with E-state index in [0.717, 1.165) is 5.69 Å². The average Bonchev–Trinajstić information content (AvgIpc) is 3.19. The highest BCUT2D eigenvalue weighted by atomic mass is 35.5. The number of hydrogen-bond acceptors (Lipinski definition) is 5. The molecule has 2 amide bonds. The Hall–Kier alpha value is -3.39. The summed E-state index contributed by atoms with van der Waals surface area (Å²) in [7, 11) is 0. The van der Waals surface area contributed by atoms with Crippen LogP contribution in [0.2, 0.25) is 5.02 Å². The molecule has 1 aromatic heterocycles. The number of halogens is 2. The molecule has 166 valence electrons. The summed E-state index contributed by atoms with van der Waals surface area (Å²) in [5, 5.41) is 7.26. The molecule has 0 bridgehead atoms.